The van der Waals surface area contributed by atoms with Crippen LogP contribution < -0.4 is 21.3 Å². The fraction of sp³-hybridized carbons (Fsp3) is 0.923. The molecule has 670 valence electrons. The first-order valence-corrected chi connectivity index (χ1v) is 37.0. The number of rotatable bonds is 30. The summed E-state index contributed by atoms with van der Waals surface area (Å²) in [6.45, 7) is -1.84. The highest BCUT2D eigenvalue weighted by molar-refractivity contribution is 5.76. The molecule has 0 aromatic rings. The van der Waals surface area contributed by atoms with Gasteiger partial charge in [-0.25, -0.2) is 4.79 Å². The second kappa shape index (κ2) is 40.8. The standard InChI is InChI=1S/C65H108N4O47/c1-15-33(82)42(91)44(93)60(101-15)111-50-27(13-75)106-57(100-14-28-39(88)51(31(56(97)103-28)68-19(5)78)112-62-47(96)54(38(87)24(10-72)105-62)116-65(64(98)99)7-21(80)35(84)53(115-65)36(85)22(81)8-70)32(69-20(6)79)52(50)113-59-30(67-18(4)77)41(90)48(25(11-73)107-59)110-63-55(114-61-45(94)43(92)34(83)16(2)102-61)46(95)49(26(12-74)108-63)109-58-29(66-17(3)76)40(89)37(86)23(9-71)104-58/h15-16,21-63,70-75,80-97H,7-14H2,1-6H3,(H,66,76)(H,67,77)(H,68,78)(H,69,79)(H,98,99)/t15-,16-,21-,22+,23+,24+,25+,26+,27+,28+,29+,30+,31+,32+,33+,34+,35+,36+,37+,38-,39-,40+,41+,42+,43+,44-,45-,46-,47+,48+,49-,50+,51+,52+,53+,54-,55+,56-,57+,58+,59-,60-,61-,62-,63-,65-/m0/s1. The van der Waals surface area contributed by atoms with E-state index in [1.807, 2.05) is 0 Å². The second-order valence-corrected chi connectivity index (χ2v) is 29.6. The number of amides is 4. The van der Waals surface area contributed by atoms with Gasteiger partial charge in [0.05, 0.1) is 64.6 Å². The molecule has 0 radical (unpaired) electrons. The quantitative estimate of drug-likeness (QED) is 0.0318. The SMILES string of the molecule is CC(=O)N[C@@H]1[C@@H](O[C@@H]2O[C@H](CO)[C@H](O)[C@H](O[C@]3(C(=O)O)C[C@H](O)[C@@H](O)[C@H]([C@H](O)[C@H](O)CO)O3)[C@H]2O)[C@@H](O)[C@@H](CO[C@@H]2O[C@H](CO)[C@@H](O[C@@H]3O[C@@H](C)[C@@H](O)[C@@H](O)[C@@H]3O)[C@H](O[C@@H]3O[C@H](CO)[C@@H](O[C@@H]4O[C@H](CO)[C@H](O[C@H]5O[C@H](CO)[C@@H](O)[C@H](O)[C@H]5NC(C)=O)[C@H](O)[C@H]4O[C@@H]4O[C@@H](C)[C@@H](O)[C@@H](O)[C@@H]4O)[C@H](O)[C@H]3NC(C)=O)[C@H]2NC(C)=O)O[C@@H]1O. The Labute approximate surface area is 657 Å². The van der Waals surface area contributed by atoms with Crippen LogP contribution in [0.4, 0.5) is 0 Å². The zero-order valence-corrected chi connectivity index (χ0v) is 62.8. The first-order chi connectivity index (χ1) is 54.6. The van der Waals surface area contributed by atoms with Crippen molar-refractivity contribution in [1.29, 1.82) is 0 Å². The lowest BCUT2D eigenvalue weighted by molar-refractivity contribution is -0.399. The first kappa shape index (κ1) is 95.5. The van der Waals surface area contributed by atoms with Gasteiger partial charge in [0.2, 0.25) is 23.6 Å². The van der Waals surface area contributed by atoms with Crippen molar-refractivity contribution in [2.75, 3.05) is 46.2 Å². The van der Waals surface area contributed by atoms with Crippen molar-refractivity contribution in [2.45, 2.75) is 330 Å². The Kier molecular flexibility index (Phi) is 33.6. The number of aliphatic carboxylic acids is 1. The van der Waals surface area contributed by atoms with Gasteiger partial charge in [0.1, 0.15) is 207 Å². The molecule has 9 aliphatic heterocycles. The van der Waals surface area contributed by atoms with Crippen molar-refractivity contribution < 1.29 is 232 Å². The van der Waals surface area contributed by atoms with Gasteiger partial charge in [0.15, 0.2) is 50.3 Å². The van der Waals surface area contributed by atoms with Crippen LogP contribution in [-0.2, 0) is 104 Å². The molecule has 9 fully saturated rings. The molecule has 29 N–H and O–H groups in total. The highest BCUT2D eigenvalue weighted by Gasteiger charge is 2.63. The number of hydrogen-bond donors (Lipinski definition) is 29. The molecule has 0 bridgehead atoms. The summed E-state index contributed by atoms with van der Waals surface area (Å²) < 4.78 is 102. The maximum absolute atomic E-state index is 13.6. The van der Waals surface area contributed by atoms with E-state index in [0.29, 0.717) is 0 Å². The number of carbonyl (C=O) groups excluding carboxylic acids is 4. The molecule has 51 heteroatoms. The van der Waals surface area contributed by atoms with Crippen LogP contribution in [0.5, 0.6) is 0 Å². The lowest BCUT2D eigenvalue weighted by atomic mass is 9.90. The van der Waals surface area contributed by atoms with Crippen LogP contribution in [0.2, 0.25) is 0 Å². The Morgan fingerprint density at radius 1 is 0.371 bits per heavy atom. The van der Waals surface area contributed by atoms with E-state index in [1.165, 1.54) is 13.8 Å². The van der Waals surface area contributed by atoms with Crippen LogP contribution in [-0.4, -0.2) is 485 Å². The van der Waals surface area contributed by atoms with Gasteiger partial charge in [-0.05, 0) is 13.8 Å². The Morgan fingerprint density at radius 2 is 0.776 bits per heavy atom. The van der Waals surface area contributed by atoms with E-state index in [-0.39, 0.29) is 0 Å². The monoisotopic (exact) mass is 1700 g/mol. The van der Waals surface area contributed by atoms with Gasteiger partial charge in [0.25, 0.3) is 5.79 Å². The number of ether oxygens (including phenoxy) is 17. The molecule has 51 nitrogen and oxygen atoms in total. The van der Waals surface area contributed by atoms with Crippen molar-refractivity contribution in [3.8, 4) is 0 Å². The van der Waals surface area contributed by atoms with Crippen LogP contribution >= 0.6 is 0 Å². The highest BCUT2D eigenvalue weighted by Crippen LogP contribution is 2.42. The largest absolute Gasteiger partial charge is 0.477 e. The third kappa shape index (κ3) is 20.8. The van der Waals surface area contributed by atoms with Gasteiger partial charge >= 0.3 is 5.97 Å². The smallest absolute Gasteiger partial charge is 0.364 e. The Balaban J connectivity index is 1.03. The Hall–Kier alpha value is -4.29. The molecule has 0 aromatic heterocycles. The van der Waals surface area contributed by atoms with Crippen LogP contribution in [0.15, 0.2) is 0 Å². The van der Waals surface area contributed by atoms with Gasteiger partial charge in [-0.1, -0.05) is 0 Å². The van der Waals surface area contributed by atoms with Gasteiger partial charge in [-0.15, -0.1) is 0 Å². The number of carboxylic acids is 1. The summed E-state index contributed by atoms with van der Waals surface area (Å²) in [6.07, 6.45) is -86.5. The summed E-state index contributed by atoms with van der Waals surface area (Å²) in [4.78, 5) is 65.4. The minimum atomic E-state index is -3.30. The van der Waals surface area contributed by atoms with Gasteiger partial charge < -0.3 is 229 Å². The molecule has 0 spiro atoms. The summed E-state index contributed by atoms with van der Waals surface area (Å²) in [6, 6.07) is -7.71. The molecule has 116 heavy (non-hydrogen) atoms. The summed E-state index contributed by atoms with van der Waals surface area (Å²) >= 11 is 0. The summed E-state index contributed by atoms with van der Waals surface area (Å²) in [5.41, 5.74) is 0. The maximum Gasteiger partial charge on any atom is 0.364 e. The average molecular weight is 1700 g/mol. The van der Waals surface area contributed by atoms with Crippen molar-refractivity contribution in [2.24, 2.45) is 0 Å². The van der Waals surface area contributed by atoms with E-state index >= 15 is 0 Å². The van der Waals surface area contributed by atoms with E-state index in [2.05, 4.69) is 21.3 Å². The topological polar surface area (TPSA) is 796 Å². The van der Waals surface area contributed by atoms with Crippen molar-refractivity contribution in [3.05, 3.63) is 0 Å². The van der Waals surface area contributed by atoms with Crippen molar-refractivity contribution in [1.82, 2.24) is 21.3 Å². The predicted octanol–water partition coefficient (Wildman–Crippen LogP) is -18.8. The predicted molar refractivity (Wildman–Crippen MR) is 358 cm³/mol. The van der Waals surface area contributed by atoms with Crippen LogP contribution in [0, 0.1) is 0 Å². The molecule has 46 atom stereocenters. The van der Waals surface area contributed by atoms with E-state index in [9.17, 15) is 152 Å². The number of carbonyl (C=O) groups is 5. The number of aliphatic hydroxyl groups is 24. The average Bonchev–Trinajstić information content (AvgIpc) is 0.762. The minimum absolute atomic E-state index is 0.823. The maximum atomic E-state index is 13.6. The third-order valence-electron chi connectivity index (χ3n) is 21.2. The van der Waals surface area contributed by atoms with Gasteiger partial charge in [-0.3, -0.25) is 19.2 Å². The zero-order valence-electron chi connectivity index (χ0n) is 62.8. The number of hydrogen-bond acceptors (Lipinski definition) is 46. The summed E-state index contributed by atoms with van der Waals surface area (Å²) in [5, 5.41) is 286. The lowest BCUT2D eigenvalue weighted by Gasteiger charge is -2.52. The molecule has 0 saturated carbocycles. The van der Waals surface area contributed by atoms with Crippen molar-refractivity contribution >= 4 is 29.6 Å². The lowest BCUT2D eigenvalue weighted by Crippen LogP contribution is -2.72. The minimum Gasteiger partial charge on any atom is -0.477 e. The molecule has 9 aliphatic rings. The van der Waals surface area contributed by atoms with E-state index in [1.54, 1.807) is 0 Å². The van der Waals surface area contributed by atoms with E-state index in [0.717, 1.165) is 27.7 Å². The van der Waals surface area contributed by atoms with E-state index in [4.69, 9.17) is 80.5 Å². The van der Waals surface area contributed by atoms with E-state index < -0.39 is 364 Å². The van der Waals surface area contributed by atoms with Crippen LogP contribution in [0.1, 0.15) is 48.0 Å². The fourth-order valence-corrected chi connectivity index (χ4v) is 15.0. The van der Waals surface area contributed by atoms with Crippen LogP contribution in [0.25, 0.3) is 0 Å². The number of nitrogens with one attached hydrogen (secondary N) is 4. The molecule has 0 unspecified atom stereocenters. The fourth-order valence-electron chi connectivity index (χ4n) is 15.0. The summed E-state index contributed by atoms with van der Waals surface area (Å²) in [5.74, 6) is -9.24. The van der Waals surface area contributed by atoms with Crippen molar-refractivity contribution in [3.63, 3.8) is 0 Å². The Bertz CT molecular complexity index is 3170. The first-order valence-electron chi connectivity index (χ1n) is 37.0. The molecule has 9 saturated heterocycles. The zero-order chi connectivity index (χ0) is 85.9. The van der Waals surface area contributed by atoms with Crippen LogP contribution in [0.3, 0.4) is 0 Å². The number of carboxylic acid groups (broad SMARTS) is 1. The normalized spacial score (nSPS) is 48.2. The molecule has 4 amide bonds. The Morgan fingerprint density at radius 3 is 1.29 bits per heavy atom. The highest BCUT2D eigenvalue weighted by atomic mass is 16.8. The molecular weight excluding hydrogens is 1590 g/mol. The summed E-state index contributed by atoms with van der Waals surface area (Å²) in [7, 11) is 0. The molecule has 0 aliphatic carbocycles. The molecular formula is C65H108N4O47. The van der Waals surface area contributed by atoms with Gasteiger partial charge in [0, 0.05) is 34.1 Å². The molecule has 9 rings (SSSR count). The number of aliphatic hydroxyl groups excluding tert-OH is 24. The van der Waals surface area contributed by atoms with Gasteiger partial charge in [-0.2, -0.15) is 0 Å². The molecule has 9 heterocycles. The second-order valence-electron chi connectivity index (χ2n) is 29.6. The third-order valence-corrected chi connectivity index (χ3v) is 21.2. The molecule has 0 aromatic carbocycles.